The van der Waals surface area contributed by atoms with Gasteiger partial charge in [-0.25, -0.2) is 0 Å². The summed E-state index contributed by atoms with van der Waals surface area (Å²) in [4.78, 5) is 3.96. The molecule has 0 aliphatic carbocycles. The maximum Gasteiger partial charge on any atom is 0.0620 e. The van der Waals surface area contributed by atoms with E-state index in [2.05, 4.69) is 11.9 Å². The molecule has 2 N–H and O–H groups in total. The molecule has 0 amide bonds. The van der Waals surface area contributed by atoms with Crippen molar-refractivity contribution in [2.75, 3.05) is 13.2 Å². The monoisotopic (exact) mass is 194 g/mol. The predicted octanol–water partition coefficient (Wildman–Crippen LogP) is 1.38. The molecule has 0 saturated heterocycles. The third-order valence-electron chi connectivity index (χ3n) is 1.93. The number of nitrogens with two attached hydrogens (primary N) is 1. The summed E-state index contributed by atoms with van der Waals surface area (Å²) < 4.78 is 5.38. The topological polar surface area (TPSA) is 48.1 Å². The standard InChI is InChI=1S/C11H18N2O/c1-2-7-14-9-11(12)8-10-3-5-13-6-4-10/h3-6,11H,2,7-9,12H2,1H3. The van der Waals surface area contributed by atoms with Crippen molar-refractivity contribution in [3.63, 3.8) is 0 Å². The summed E-state index contributed by atoms with van der Waals surface area (Å²) in [5.41, 5.74) is 7.12. The second-order valence-corrected chi connectivity index (χ2v) is 3.39. The molecule has 0 fully saturated rings. The van der Waals surface area contributed by atoms with Crippen LogP contribution in [-0.4, -0.2) is 24.2 Å². The molecular formula is C11H18N2O. The van der Waals surface area contributed by atoms with E-state index in [-0.39, 0.29) is 6.04 Å². The molecule has 1 aromatic heterocycles. The van der Waals surface area contributed by atoms with Crippen LogP contribution < -0.4 is 5.73 Å². The Kier molecular flexibility index (Phi) is 5.19. The van der Waals surface area contributed by atoms with Crippen LogP contribution in [0.3, 0.4) is 0 Å². The second-order valence-electron chi connectivity index (χ2n) is 3.39. The lowest BCUT2D eigenvalue weighted by Crippen LogP contribution is -2.28. The minimum Gasteiger partial charge on any atom is -0.380 e. The predicted molar refractivity (Wildman–Crippen MR) is 57.0 cm³/mol. The summed E-state index contributed by atoms with van der Waals surface area (Å²) in [7, 11) is 0. The van der Waals surface area contributed by atoms with Crippen molar-refractivity contribution in [1.82, 2.24) is 4.98 Å². The Morgan fingerprint density at radius 2 is 2.14 bits per heavy atom. The third kappa shape index (κ3) is 4.35. The number of rotatable bonds is 6. The molecule has 1 aromatic rings. The van der Waals surface area contributed by atoms with E-state index in [1.54, 1.807) is 12.4 Å². The van der Waals surface area contributed by atoms with E-state index in [1.807, 2.05) is 12.1 Å². The van der Waals surface area contributed by atoms with Crippen molar-refractivity contribution < 1.29 is 4.74 Å². The average molecular weight is 194 g/mol. The smallest absolute Gasteiger partial charge is 0.0620 e. The number of ether oxygens (including phenoxy) is 1. The number of hydrogen-bond acceptors (Lipinski definition) is 3. The van der Waals surface area contributed by atoms with Gasteiger partial charge in [0.2, 0.25) is 0 Å². The third-order valence-corrected chi connectivity index (χ3v) is 1.93. The number of hydrogen-bond donors (Lipinski definition) is 1. The summed E-state index contributed by atoms with van der Waals surface area (Å²) >= 11 is 0. The lowest BCUT2D eigenvalue weighted by atomic mass is 10.1. The SMILES string of the molecule is CCCOCC(N)Cc1ccncc1. The molecule has 14 heavy (non-hydrogen) atoms. The molecule has 0 saturated carbocycles. The lowest BCUT2D eigenvalue weighted by Gasteiger charge is -2.11. The maximum atomic E-state index is 5.90. The molecule has 1 heterocycles. The van der Waals surface area contributed by atoms with Crippen LogP contribution in [0.4, 0.5) is 0 Å². The summed E-state index contributed by atoms with van der Waals surface area (Å²) in [5.74, 6) is 0. The van der Waals surface area contributed by atoms with Gasteiger partial charge in [-0.05, 0) is 30.5 Å². The van der Waals surface area contributed by atoms with Gasteiger partial charge in [-0.3, -0.25) is 4.98 Å². The molecule has 0 aliphatic rings. The van der Waals surface area contributed by atoms with Gasteiger partial charge in [0.25, 0.3) is 0 Å². The average Bonchev–Trinajstić information content (AvgIpc) is 2.20. The Hall–Kier alpha value is -0.930. The summed E-state index contributed by atoms with van der Waals surface area (Å²) in [6.45, 7) is 3.52. The van der Waals surface area contributed by atoms with Crippen molar-refractivity contribution in [2.24, 2.45) is 5.73 Å². The summed E-state index contributed by atoms with van der Waals surface area (Å²) in [6, 6.07) is 4.06. The molecule has 1 unspecified atom stereocenters. The second kappa shape index (κ2) is 6.51. The highest BCUT2D eigenvalue weighted by Gasteiger charge is 2.03. The quantitative estimate of drug-likeness (QED) is 0.696. The minimum absolute atomic E-state index is 0.0870. The van der Waals surface area contributed by atoms with Crippen LogP contribution in [0.15, 0.2) is 24.5 Å². The molecule has 0 spiro atoms. The summed E-state index contributed by atoms with van der Waals surface area (Å²) in [6.07, 6.45) is 5.47. The first-order valence-electron chi connectivity index (χ1n) is 5.05. The highest BCUT2D eigenvalue weighted by molar-refractivity contribution is 5.11. The normalized spacial score (nSPS) is 12.7. The fourth-order valence-corrected chi connectivity index (χ4v) is 1.26. The Bertz CT molecular complexity index is 238. The van der Waals surface area contributed by atoms with Crippen LogP contribution in [0, 0.1) is 0 Å². The Labute approximate surface area is 85.3 Å². The van der Waals surface area contributed by atoms with Gasteiger partial charge in [-0.1, -0.05) is 6.92 Å². The van der Waals surface area contributed by atoms with Crippen molar-refractivity contribution in [1.29, 1.82) is 0 Å². The fourth-order valence-electron chi connectivity index (χ4n) is 1.26. The van der Waals surface area contributed by atoms with Crippen LogP contribution in [0.5, 0.6) is 0 Å². The number of aromatic nitrogens is 1. The number of nitrogens with zero attached hydrogens (tertiary/aromatic N) is 1. The molecule has 1 rings (SSSR count). The summed E-state index contributed by atoms with van der Waals surface area (Å²) in [5, 5.41) is 0. The molecule has 3 heteroatoms. The zero-order valence-electron chi connectivity index (χ0n) is 8.65. The van der Waals surface area contributed by atoms with E-state index in [9.17, 15) is 0 Å². The first-order valence-corrected chi connectivity index (χ1v) is 5.05. The van der Waals surface area contributed by atoms with Crippen molar-refractivity contribution in [3.8, 4) is 0 Å². The molecule has 78 valence electrons. The highest BCUT2D eigenvalue weighted by atomic mass is 16.5. The Morgan fingerprint density at radius 1 is 1.43 bits per heavy atom. The van der Waals surface area contributed by atoms with Crippen molar-refractivity contribution in [2.45, 2.75) is 25.8 Å². The number of pyridine rings is 1. The van der Waals surface area contributed by atoms with Gasteiger partial charge < -0.3 is 10.5 Å². The van der Waals surface area contributed by atoms with Crippen molar-refractivity contribution >= 4 is 0 Å². The molecule has 0 bridgehead atoms. The van der Waals surface area contributed by atoms with Gasteiger partial charge in [0.15, 0.2) is 0 Å². The molecule has 1 atom stereocenters. The van der Waals surface area contributed by atoms with Gasteiger partial charge in [0, 0.05) is 25.0 Å². The highest BCUT2D eigenvalue weighted by Crippen LogP contribution is 2.00. The van der Waals surface area contributed by atoms with Crippen LogP contribution in [-0.2, 0) is 11.2 Å². The molecule has 0 radical (unpaired) electrons. The van der Waals surface area contributed by atoms with Crippen LogP contribution in [0.1, 0.15) is 18.9 Å². The first-order chi connectivity index (χ1) is 6.83. The molecule has 3 nitrogen and oxygen atoms in total. The van der Waals surface area contributed by atoms with Gasteiger partial charge in [-0.2, -0.15) is 0 Å². The van der Waals surface area contributed by atoms with Crippen molar-refractivity contribution in [3.05, 3.63) is 30.1 Å². The fraction of sp³-hybridized carbons (Fsp3) is 0.545. The van der Waals surface area contributed by atoms with Gasteiger partial charge in [-0.15, -0.1) is 0 Å². The van der Waals surface area contributed by atoms with E-state index in [0.29, 0.717) is 6.61 Å². The van der Waals surface area contributed by atoms with E-state index < -0.39 is 0 Å². The van der Waals surface area contributed by atoms with Crippen LogP contribution in [0.25, 0.3) is 0 Å². The van der Waals surface area contributed by atoms with E-state index in [4.69, 9.17) is 10.5 Å². The van der Waals surface area contributed by atoms with E-state index in [0.717, 1.165) is 19.4 Å². The molecular weight excluding hydrogens is 176 g/mol. The van der Waals surface area contributed by atoms with E-state index in [1.165, 1.54) is 5.56 Å². The largest absolute Gasteiger partial charge is 0.380 e. The van der Waals surface area contributed by atoms with E-state index >= 15 is 0 Å². The van der Waals surface area contributed by atoms with Gasteiger partial charge in [0.1, 0.15) is 0 Å². The van der Waals surface area contributed by atoms with Gasteiger partial charge >= 0.3 is 0 Å². The molecule has 0 aromatic carbocycles. The molecule has 0 aliphatic heterocycles. The first kappa shape index (κ1) is 11.1. The lowest BCUT2D eigenvalue weighted by molar-refractivity contribution is 0.121. The zero-order valence-corrected chi connectivity index (χ0v) is 8.65. The maximum absolute atomic E-state index is 5.90. The minimum atomic E-state index is 0.0870. The Balaban J connectivity index is 2.23. The van der Waals surface area contributed by atoms with Gasteiger partial charge in [0.05, 0.1) is 6.61 Å². The Morgan fingerprint density at radius 3 is 2.79 bits per heavy atom. The zero-order chi connectivity index (χ0) is 10.2. The van der Waals surface area contributed by atoms with Crippen LogP contribution >= 0.6 is 0 Å². The van der Waals surface area contributed by atoms with Crippen LogP contribution in [0.2, 0.25) is 0 Å².